The van der Waals surface area contributed by atoms with Crippen molar-refractivity contribution in [2.75, 3.05) is 0 Å². The summed E-state index contributed by atoms with van der Waals surface area (Å²) in [7, 11) is 0. The number of aryl methyl sites for hydroxylation is 1. The molecule has 3 rings (SSSR count). The predicted octanol–water partition coefficient (Wildman–Crippen LogP) is 3.51. The van der Waals surface area contributed by atoms with Crippen molar-refractivity contribution in [3.63, 3.8) is 0 Å². The van der Waals surface area contributed by atoms with Crippen molar-refractivity contribution >= 4 is 0 Å². The maximum absolute atomic E-state index is 13.7. The van der Waals surface area contributed by atoms with Gasteiger partial charge in [-0.1, -0.05) is 36.4 Å². The molecule has 0 aliphatic heterocycles. The lowest BCUT2D eigenvalue weighted by atomic mass is 9.87. The Bertz CT molecular complexity index is 620. The minimum Gasteiger partial charge on any atom is -0.385 e. The van der Waals surface area contributed by atoms with Crippen LogP contribution in [0, 0.1) is 12.7 Å². The van der Waals surface area contributed by atoms with Crippen LogP contribution in [-0.4, -0.2) is 5.11 Å². The van der Waals surface area contributed by atoms with Crippen LogP contribution in [0.1, 0.15) is 28.7 Å². The highest BCUT2D eigenvalue weighted by Gasteiger charge is 2.38. The van der Waals surface area contributed by atoms with E-state index in [2.05, 4.69) is 0 Å². The third kappa shape index (κ3) is 2.06. The largest absolute Gasteiger partial charge is 0.385 e. The first-order valence-electron chi connectivity index (χ1n) is 6.65. The van der Waals surface area contributed by atoms with Crippen LogP contribution in [-0.2, 0) is 18.4 Å². The summed E-state index contributed by atoms with van der Waals surface area (Å²) in [6.07, 6.45) is 1.76. The van der Waals surface area contributed by atoms with Crippen LogP contribution >= 0.6 is 0 Å². The van der Waals surface area contributed by atoms with Crippen molar-refractivity contribution in [3.05, 3.63) is 70.5 Å². The summed E-state index contributed by atoms with van der Waals surface area (Å²) in [6, 6.07) is 13.0. The van der Waals surface area contributed by atoms with Crippen molar-refractivity contribution < 1.29 is 9.50 Å². The number of halogens is 1. The van der Waals surface area contributed by atoms with Crippen LogP contribution in [0.3, 0.4) is 0 Å². The predicted molar refractivity (Wildman–Crippen MR) is 73.5 cm³/mol. The molecule has 98 valence electrons. The molecule has 0 amide bonds. The van der Waals surface area contributed by atoms with Crippen LogP contribution in [0.15, 0.2) is 42.5 Å². The molecule has 19 heavy (non-hydrogen) atoms. The first kappa shape index (κ1) is 12.4. The maximum atomic E-state index is 13.7. The third-order valence-corrected chi connectivity index (χ3v) is 4.15. The van der Waals surface area contributed by atoms with E-state index in [-0.39, 0.29) is 5.82 Å². The summed E-state index contributed by atoms with van der Waals surface area (Å²) < 4.78 is 13.7. The van der Waals surface area contributed by atoms with Crippen LogP contribution in [0.5, 0.6) is 0 Å². The normalized spacial score (nSPS) is 21.4. The quantitative estimate of drug-likeness (QED) is 0.871. The summed E-state index contributed by atoms with van der Waals surface area (Å²) in [5.41, 5.74) is 2.81. The molecule has 0 fully saturated rings. The van der Waals surface area contributed by atoms with E-state index in [1.807, 2.05) is 37.3 Å². The van der Waals surface area contributed by atoms with Gasteiger partial charge in [0, 0.05) is 6.42 Å². The van der Waals surface area contributed by atoms with E-state index in [9.17, 15) is 9.50 Å². The molecule has 1 aliphatic rings. The molecule has 1 N–H and O–H groups in total. The summed E-state index contributed by atoms with van der Waals surface area (Å²) in [4.78, 5) is 0. The Kier molecular flexibility index (Phi) is 2.90. The average molecular weight is 256 g/mol. The lowest BCUT2D eigenvalue weighted by Gasteiger charge is -2.25. The molecule has 0 saturated heterocycles. The number of hydrogen-bond donors (Lipinski definition) is 1. The number of hydrogen-bond acceptors (Lipinski definition) is 1. The highest BCUT2D eigenvalue weighted by Crippen LogP contribution is 2.40. The molecule has 1 nitrogen and oxygen atoms in total. The Morgan fingerprint density at radius 3 is 2.74 bits per heavy atom. The molecular weight excluding hydrogens is 239 g/mol. The second-order valence-corrected chi connectivity index (χ2v) is 5.40. The summed E-state index contributed by atoms with van der Waals surface area (Å²) in [6.45, 7) is 2.04. The van der Waals surface area contributed by atoms with E-state index in [1.54, 1.807) is 6.07 Å². The van der Waals surface area contributed by atoms with Gasteiger partial charge in [0.05, 0.1) is 5.60 Å². The summed E-state index contributed by atoms with van der Waals surface area (Å²) in [5, 5.41) is 10.9. The first-order chi connectivity index (χ1) is 9.10. The van der Waals surface area contributed by atoms with Gasteiger partial charge in [0.15, 0.2) is 0 Å². The smallest absolute Gasteiger partial charge is 0.126 e. The van der Waals surface area contributed by atoms with E-state index in [1.165, 1.54) is 11.6 Å². The fourth-order valence-corrected chi connectivity index (χ4v) is 3.02. The van der Waals surface area contributed by atoms with Crippen LogP contribution < -0.4 is 0 Å². The van der Waals surface area contributed by atoms with Gasteiger partial charge in [-0.2, -0.15) is 0 Å². The van der Waals surface area contributed by atoms with Gasteiger partial charge in [-0.05, 0) is 48.1 Å². The molecular formula is C17H17FO. The number of fused-ring (bicyclic) bond motifs is 1. The van der Waals surface area contributed by atoms with E-state index < -0.39 is 5.60 Å². The van der Waals surface area contributed by atoms with Gasteiger partial charge in [-0.3, -0.25) is 0 Å². The molecule has 0 bridgehead atoms. The van der Waals surface area contributed by atoms with Gasteiger partial charge in [0.2, 0.25) is 0 Å². The maximum Gasteiger partial charge on any atom is 0.126 e. The van der Waals surface area contributed by atoms with Crippen molar-refractivity contribution in [2.24, 2.45) is 0 Å². The van der Waals surface area contributed by atoms with E-state index in [4.69, 9.17) is 0 Å². The second-order valence-electron chi connectivity index (χ2n) is 5.40. The Morgan fingerprint density at radius 1 is 1.16 bits per heavy atom. The summed E-state index contributed by atoms with van der Waals surface area (Å²) >= 11 is 0. The average Bonchev–Trinajstić information content (AvgIpc) is 2.72. The number of rotatable bonds is 2. The Labute approximate surface area is 112 Å². The molecule has 1 unspecified atom stereocenters. The minimum atomic E-state index is -0.927. The minimum absolute atomic E-state index is 0.196. The molecule has 2 heteroatoms. The van der Waals surface area contributed by atoms with E-state index in [0.29, 0.717) is 24.8 Å². The Hall–Kier alpha value is -1.67. The summed E-state index contributed by atoms with van der Waals surface area (Å²) in [5.74, 6) is -0.196. The molecule has 1 atom stereocenters. The molecule has 0 spiro atoms. The third-order valence-electron chi connectivity index (χ3n) is 4.15. The van der Waals surface area contributed by atoms with E-state index in [0.717, 1.165) is 11.1 Å². The van der Waals surface area contributed by atoms with Gasteiger partial charge in [-0.25, -0.2) is 4.39 Å². The van der Waals surface area contributed by atoms with Gasteiger partial charge in [0.25, 0.3) is 0 Å². The number of benzene rings is 2. The molecule has 0 radical (unpaired) electrons. The number of aliphatic hydroxyl groups is 1. The zero-order valence-corrected chi connectivity index (χ0v) is 11.0. The van der Waals surface area contributed by atoms with Gasteiger partial charge in [-0.15, -0.1) is 0 Å². The van der Waals surface area contributed by atoms with Crippen molar-refractivity contribution in [1.29, 1.82) is 0 Å². The van der Waals surface area contributed by atoms with Crippen molar-refractivity contribution in [2.45, 2.75) is 31.8 Å². The standard InChI is InChI=1S/C17H17FO/c1-12-5-2-3-6-13(12)11-17(19)10-9-14-15(17)7-4-8-16(14)18/h2-8,19H,9-11H2,1H3. The molecule has 0 saturated carbocycles. The zero-order chi connectivity index (χ0) is 13.5. The molecule has 2 aromatic carbocycles. The zero-order valence-electron chi connectivity index (χ0n) is 11.0. The molecule has 0 aromatic heterocycles. The Morgan fingerprint density at radius 2 is 1.95 bits per heavy atom. The molecule has 2 aromatic rings. The Balaban J connectivity index is 1.99. The lowest BCUT2D eigenvalue weighted by Crippen LogP contribution is -2.25. The second kappa shape index (κ2) is 4.46. The lowest BCUT2D eigenvalue weighted by molar-refractivity contribution is 0.0388. The fraction of sp³-hybridized carbons (Fsp3) is 0.294. The highest BCUT2D eigenvalue weighted by atomic mass is 19.1. The van der Waals surface area contributed by atoms with Gasteiger partial charge in [0.1, 0.15) is 5.82 Å². The highest BCUT2D eigenvalue weighted by molar-refractivity contribution is 5.40. The fourth-order valence-electron chi connectivity index (χ4n) is 3.02. The van der Waals surface area contributed by atoms with Crippen LogP contribution in [0.2, 0.25) is 0 Å². The monoisotopic (exact) mass is 256 g/mol. The van der Waals surface area contributed by atoms with Crippen LogP contribution in [0.25, 0.3) is 0 Å². The topological polar surface area (TPSA) is 20.2 Å². The first-order valence-corrected chi connectivity index (χ1v) is 6.65. The van der Waals surface area contributed by atoms with E-state index >= 15 is 0 Å². The van der Waals surface area contributed by atoms with Crippen molar-refractivity contribution in [1.82, 2.24) is 0 Å². The molecule has 0 heterocycles. The SMILES string of the molecule is Cc1ccccc1CC1(O)CCc2c(F)cccc21. The van der Waals surface area contributed by atoms with Crippen molar-refractivity contribution in [3.8, 4) is 0 Å². The van der Waals surface area contributed by atoms with Crippen LogP contribution in [0.4, 0.5) is 4.39 Å². The molecule has 1 aliphatic carbocycles. The van der Waals surface area contributed by atoms with Gasteiger partial charge < -0.3 is 5.11 Å². The van der Waals surface area contributed by atoms with Gasteiger partial charge >= 0.3 is 0 Å².